The molecule has 0 aromatic carbocycles. The van der Waals surface area contributed by atoms with Gasteiger partial charge in [-0.05, 0) is 12.8 Å². The van der Waals surface area contributed by atoms with E-state index in [0.717, 1.165) is 17.8 Å². The van der Waals surface area contributed by atoms with Crippen LogP contribution in [0.5, 0.6) is 0 Å². The maximum Gasteiger partial charge on any atom is 0.318 e. The van der Waals surface area contributed by atoms with Gasteiger partial charge in [-0.25, -0.2) is 4.98 Å². The summed E-state index contributed by atoms with van der Waals surface area (Å²) in [6, 6.07) is 0. The van der Waals surface area contributed by atoms with Crippen LogP contribution >= 0.6 is 11.3 Å². The first-order valence-corrected chi connectivity index (χ1v) is 6.86. The molecule has 0 spiro atoms. The van der Waals surface area contributed by atoms with E-state index in [1.54, 1.807) is 5.38 Å². The second kappa shape index (κ2) is 5.48. The van der Waals surface area contributed by atoms with Crippen LogP contribution in [0.25, 0.3) is 0 Å². The number of carbonyl (C=O) groups is 2. The van der Waals surface area contributed by atoms with Gasteiger partial charge in [-0.1, -0.05) is 12.8 Å². The van der Waals surface area contributed by atoms with Gasteiger partial charge in [0.05, 0.1) is 10.7 Å². The number of thiazole rings is 1. The lowest BCUT2D eigenvalue weighted by Gasteiger charge is -2.05. The number of aromatic nitrogens is 1. The van der Waals surface area contributed by atoms with Crippen molar-refractivity contribution in [3.05, 3.63) is 16.1 Å². The van der Waals surface area contributed by atoms with E-state index in [-0.39, 0.29) is 6.42 Å². The predicted octanol–water partition coefficient (Wildman–Crippen LogP) is 2.13. The van der Waals surface area contributed by atoms with Crippen LogP contribution in [0.15, 0.2) is 5.38 Å². The van der Waals surface area contributed by atoms with Gasteiger partial charge in [-0.3, -0.25) is 9.59 Å². The van der Waals surface area contributed by atoms with Crippen molar-refractivity contribution >= 4 is 23.3 Å². The van der Waals surface area contributed by atoms with E-state index < -0.39 is 17.9 Å². The van der Waals surface area contributed by atoms with Crippen molar-refractivity contribution in [2.24, 2.45) is 5.92 Å². The molecule has 98 valence electrons. The van der Waals surface area contributed by atoms with E-state index in [4.69, 9.17) is 10.2 Å². The van der Waals surface area contributed by atoms with Crippen LogP contribution in [0.1, 0.15) is 42.3 Å². The summed E-state index contributed by atoms with van der Waals surface area (Å²) in [4.78, 5) is 26.0. The lowest BCUT2D eigenvalue weighted by molar-refractivity contribution is -0.154. The molecule has 0 radical (unpaired) electrons. The molecule has 18 heavy (non-hydrogen) atoms. The number of hydrogen-bond acceptors (Lipinski definition) is 4. The summed E-state index contributed by atoms with van der Waals surface area (Å²) in [6.45, 7) is 0. The Morgan fingerprint density at radius 1 is 1.33 bits per heavy atom. The Morgan fingerprint density at radius 2 is 1.94 bits per heavy atom. The van der Waals surface area contributed by atoms with E-state index in [1.807, 2.05) is 0 Å². The monoisotopic (exact) mass is 269 g/mol. The molecule has 0 saturated heterocycles. The number of hydrogen-bond donors (Lipinski definition) is 2. The summed E-state index contributed by atoms with van der Waals surface area (Å²) in [5, 5.41) is 20.4. The van der Waals surface area contributed by atoms with E-state index in [0.29, 0.717) is 11.6 Å². The zero-order valence-corrected chi connectivity index (χ0v) is 10.7. The van der Waals surface area contributed by atoms with Crippen molar-refractivity contribution in [3.63, 3.8) is 0 Å². The standard InChI is InChI=1S/C12H15NO4S/c14-11(15)9(12(16)17)5-8-6-18-10(13-8)7-3-1-2-4-7/h6-7,9H,1-5H2,(H,14,15)(H,16,17). The smallest absolute Gasteiger partial charge is 0.318 e. The highest BCUT2D eigenvalue weighted by Crippen LogP contribution is 2.35. The van der Waals surface area contributed by atoms with Gasteiger partial charge >= 0.3 is 11.9 Å². The van der Waals surface area contributed by atoms with Crippen molar-refractivity contribution in [1.82, 2.24) is 4.98 Å². The largest absolute Gasteiger partial charge is 0.481 e. The third-order valence-corrected chi connectivity index (χ3v) is 4.34. The van der Waals surface area contributed by atoms with Gasteiger partial charge in [0.1, 0.15) is 0 Å². The highest BCUT2D eigenvalue weighted by Gasteiger charge is 2.28. The molecular formula is C12H15NO4S. The average Bonchev–Trinajstić information content (AvgIpc) is 2.95. The van der Waals surface area contributed by atoms with Gasteiger partial charge in [-0.2, -0.15) is 0 Å². The number of nitrogens with zero attached hydrogens (tertiary/aromatic N) is 1. The third-order valence-electron chi connectivity index (χ3n) is 3.28. The van der Waals surface area contributed by atoms with E-state index in [9.17, 15) is 9.59 Å². The Balaban J connectivity index is 2.05. The maximum absolute atomic E-state index is 10.8. The van der Waals surface area contributed by atoms with Gasteiger partial charge < -0.3 is 10.2 Å². The van der Waals surface area contributed by atoms with Crippen LogP contribution in [-0.4, -0.2) is 27.1 Å². The fraction of sp³-hybridized carbons (Fsp3) is 0.583. The quantitative estimate of drug-likeness (QED) is 0.799. The molecule has 6 heteroatoms. The Hall–Kier alpha value is -1.43. The number of rotatable bonds is 5. The van der Waals surface area contributed by atoms with Crippen molar-refractivity contribution < 1.29 is 19.8 Å². The molecule has 1 fully saturated rings. The topological polar surface area (TPSA) is 87.5 Å². The predicted molar refractivity (Wildman–Crippen MR) is 65.8 cm³/mol. The molecule has 0 bridgehead atoms. The van der Waals surface area contributed by atoms with Crippen molar-refractivity contribution in [2.75, 3.05) is 0 Å². The van der Waals surface area contributed by atoms with Gasteiger partial charge in [0.2, 0.25) is 0 Å². The lowest BCUT2D eigenvalue weighted by atomic mass is 10.0. The number of carboxylic acid groups (broad SMARTS) is 2. The number of aliphatic carboxylic acids is 2. The minimum absolute atomic E-state index is 0.0338. The fourth-order valence-electron chi connectivity index (χ4n) is 2.27. The minimum Gasteiger partial charge on any atom is -0.481 e. The van der Waals surface area contributed by atoms with Crippen LogP contribution < -0.4 is 0 Å². The normalized spacial score (nSPS) is 16.3. The highest BCUT2D eigenvalue weighted by atomic mass is 32.1. The molecule has 1 aromatic rings. The Kier molecular flexibility index (Phi) is 3.96. The zero-order valence-electron chi connectivity index (χ0n) is 9.83. The fourth-order valence-corrected chi connectivity index (χ4v) is 3.27. The van der Waals surface area contributed by atoms with Crippen LogP contribution in [0.3, 0.4) is 0 Å². The van der Waals surface area contributed by atoms with Gasteiger partial charge in [-0.15, -0.1) is 11.3 Å². The SMILES string of the molecule is O=C(O)C(Cc1csc(C2CCCC2)n1)C(=O)O. The first-order chi connectivity index (χ1) is 8.58. The molecule has 2 N–H and O–H groups in total. The maximum atomic E-state index is 10.8. The van der Waals surface area contributed by atoms with Gasteiger partial charge in [0.25, 0.3) is 0 Å². The Bertz CT molecular complexity index is 437. The van der Waals surface area contributed by atoms with Crippen LogP contribution in [-0.2, 0) is 16.0 Å². The molecule has 1 saturated carbocycles. The molecule has 0 aliphatic heterocycles. The molecule has 5 nitrogen and oxygen atoms in total. The molecule has 0 atom stereocenters. The first-order valence-electron chi connectivity index (χ1n) is 5.98. The minimum atomic E-state index is -1.40. The third kappa shape index (κ3) is 2.87. The highest BCUT2D eigenvalue weighted by molar-refractivity contribution is 7.09. The molecular weight excluding hydrogens is 254 g/mol. The van der Waals surface area contributed by atoms with E-state index >= 15 is 0 Å². The van der Waals surface area contributed by atoms with Crippen molar-refractivity contribution in [2.45, 2.75) is 38.0 Å². The summed E-state index contributed by atoms with van der Waals surface area (Å²) in [5.74, 6) is -3.53. The molecule has 1 heterocycles. The summed E-state index contributed by atoms with van der Waals surface area (Å²) >= 11 is 1.52. The van der Waals surface area contributed by atoms with Crippen molar-refractivity contribution in [3.8, 4) is 0 Å². The Labute approximate surface area is 108 Å². The van der Waals surface area contributed by atoms with Crippen LogP contribution in [0, 0.1) is 5.92 Å². The molecule has 0 amide bonds. The lowest BCUT2D eigenvalue weighted by Crippen LogP contribution is -2.25. The van der Waals surface area contributed by atoms with E-state index in [2.05, 4.69) is 4.98 Å². The van der Waals surface area contributed by atoms with Crippen LogP contribution in [0.2, 0.25) is 0 Å². The van der Waals surface area contributed by atoms with Crippen LogP contribution in [0.4, 0.5) is 0 Å². The van der Waals surface area contributed by atoms with Crippen molar-refractivity contribution in [1.29, 1.82) is 0 Å². The summed E-state index contributed by atoms with van der Waals surface area (Å²) in [7, 11) is 0. The molecule has 0 unspecified atom stereocenters. The molecule has 1 aliphatic carbocycles. The van der Waals surface area contributed by atoms with E-state index in [1.165, 1.54) is 24.2 Å². The average molecular weight is 269 g/mol. The van der Waals surface area contributed by atoms with Gasteiger partial charge in [0.15, 0.2) is 5.92 Å². The zero-order chi connectivity index (χ0) is 13.1. The first kappa shape index (κ1) is 13.0. The summed E-state index contributed by atoms with van der Waals surface area (Å²) in [5.41, 5.74) is 0.580. The molecule has 2 rings (SSSR count). The number of carboxylic acids is 2. The summed E-state index contributed by atoms with van der Waals surface area (Å²) < 4.78 is 0. The summed E-state index contributed by atoms with van der Waals surface area (Å²) in [6.07, 6.45) is 4.66. The molecule has 1 aliphatic rings. The molecule has 1 aromatic heterocycles. The second-order valence-corrected chi connectivity index (χ2v) is 5.48. The Morgan fingerprint density at radius 3 is 2.50 bits per heavy atom. The second-order valence-electron chi connectivity index (χ2n) is 4.59. The van der Waals surface area contributed by atoms with Gasteiger partial charge in [0, 0.05) is 17.7 Å².